The van der Waals surface area contributed by atoms with Crippen molar-refractivity contribution < 1.29 is 24.5 Å². The first-order valence-corrected chi connectivity index (χ1v) is 40.9. The molecular formula is C82H161NO5. The fourth-order valence-electron chi connectivity index (χ4n) is 13.3. The first-order chi connectivity index (χ1) is 43.5. The van der Waals surface area contributed by atoms with Crippen LogP contribution in [-0.4, -0.2) is 47.4 Å². The number of nitrogens with one attached hydrogen (secondary N) is 1. The average molecular weight is 1240 g/mol. The van der Waals surface area contributed by atoms with E-state index < -0.39 is 12.1 Å². The Morgan fingerprint density at radius 1 is 0.307 bits per heavy atom. The molecule has 2 atom stereocenters. The van der Waals surface area contributed by atoms with Crippen molar-refractivity contribution in [2.45, 2.75) is 488 Å². The lowest BCUT2D eigenvalue weighted by atomic mass is 10.0. The summed E-state index contributed by atoms with van der Waals surface area (Å²) in [5, 5.41) is 23.5. The van der Waals surface area contributed by atoms with Crippen molar-refractivity contribution in [2.75, 3.05) is 13.2 Å². The van der Waals surface area contributed by atoms with E-state index in [4.69, 9.17) is 4.74 Å². The molecule has 524 valence electrons. The number of aliphatic hydroxyl groups excluding tert-OH is 2. The largest absolute Gasteiger partial charge is 0.466 e. The Balaban J connectivity index is 3.33. The highest BCUT2D eigenvalue weighted by atomic mass is 16.5. The zero-order valence-electron chi connectivity index (χ0n) is 60.3. The molecule has 0 bridgehead atoms. The maximum Gasteiger partial charge on any atom is 0.305 e. The van der Waals surface area contributed by atoms with Gasteiger partial charge in [-0.15, -0.1) is 0 Å². The zero-order valence-corrected chi connectivity index (χ0v) is 60.3. The van der Waals surface area contributed by atoms with Crippen molar-refractivity contribution in [3.63, 3.8) is 0 Å². The van der Waals surface area contributed by atoms with Crippen LogP contribution in [0, 0.1) is 0 Å². The third kappa shape index (κ3) is 73.6. The van der Waals surface area contributed by atoms with Crippen molar-refractivity contribution in [2.24, 2.45) is 0 Å². The number of carbonyl (C=O) groups excluding carboxylic acids is 2. The van der Waals surface area contributed by atoms with Crippen LogP contribution in [0.5, 0.6) is 0 Å². The second-order valence-corrected chi connectivity index (χ2v) is 28.5. The maximum absolute atomic E-state index is 12.6. The fraction of sp³-hybridized carbons (Fsp3) is 0.951. The lowest BCUT2D eigenvalue weighted by molar-refractivity contribution is -0.143. The van der Waals surface area contributed by atoms with Gasteiger partial charge in [0.05, 0.1) is 25.4 Å². The van der Waals surface area contributed by atoms with Crippen molar-refractivity contribution in [3.8, 4) is 0 Å². The first-order valence-electron chi connectivity index (χ1n) is 40.9. The topological polar surface area (TPSA) is 95.9 Å². The van der Waals surface area contributed by atoms with E-state index in [0.717, 1.165) is 44.9 Å². The van der Waals surface area contributed by atoms with Crippen LogP contribution in [0.15, 0.2) is 12.2 Å². The van der Waals surface area contributed by atoms with Crippen molar-refractivity contribution >= 4 is 11.9 Å². The van der Waals surface area contributed by atoms with Gasteiger partial charge in [-0.05, 0) is 51.4 Å². The minimum atomic E-state index is -0.662. The number of hydrogen-bond donors (Lipinski definition) is 3. The Labute approximate surface area is 552 Å². The van der Waals surface area contributed by atoms with Gasteiger partial charge < -0.3 is 20.3 Å². The van der Waals surface area contributed by atoms with Crippen LogP contribution < -0.4 is 5.32 Å². The van der Waals surface area contributed by atoms with Gasteiger partial charge in [-0.3, -0.25) is 9.59 Å². The lowest BCUT2D eigenvalue weighted by Crippen LogP contribution is -2.45. The number of ether oxygens (including phenoxy) is 1. The molecule has 3 N–H and O–H groups in total. The van der Waals surface area contributed by atoms with Gasteiger partial charge in [0.25, 0.3) is 0 Å². The molecule has 0 fully saturated rings. The van der Waals surface area contributed by atoms with E-state index in [1.165, 1.54) is 398 Å². The molecule has 0 rings (SSSR count). The number of esters is 1. The SMILES string of the molecule is CCCCCCCCC/C=C\CCCCCCCC(=O)OCCCCCCCCCCCCCCCCCCCCCCCCCCCCCCCCCC(=O)NC(CO)C(O)CCCCCCCCCCCCCCCCCCCCCCCCCC. The number of aliphatic hydroxyl groups is 2. The minimum Gasteiger partial charge on any atom is -0.466 e. The summed E-state index contributed by atoms with van der Waals surface area (Å²) in [6, 6.07) is -0.539. The van der Waals surface area contributed by atoms with E-state index >= 15 is 0 Å². The van der Waals surface area contributed by atoms with Gasteiger partial charge in [0.2, 0.25) is 5.91 Å². The maximum atomic E-state index is 12.6. The molecule has 0 aliphatic heterocycles. The van der Waals surface area contributed by atoms with Gasteiger partial charge in [-0.25, -0.2) is 0 Å². The van der Waals surface area contributed by atoms with Crippen LogP contribution in [0.4, 0.5) is 0 Å². The van der Waals surface area contributed by atoms with Crippen molar-refractivity contribution in [3.05, 3.63) is 12.2 Å². The molecule has 0 saturated carbocycles. The lowest BCUT2D eigenvalue weighted by Gasteiger charge is -2.22. The molecule has 0 radical (unpaired) electrons. The van der Waals surface area contributed by atoms with Crippen molar-refractivity contribution in [1.82, 2.24) is 5.32 Å². The van der Waals surface area contributed by atoms with E-state index in [1.807, 2.05) is 0 Å². The second kappa shape index (κ2) is 78.0. The van der Waals surface area contributed by atoms with Crippen LogP contribution in [0.3, 0.4) is 0 Å². The van der Waals surface area contributed by atoms with E-state index in [9.17, 15) is 19.8 Å². The third-order valence-electron chi connectivity index (χ3n) is 19.6. The Kier molecular flexibility index (Phi) is 76.8. The Morgan fingerprint density at radius 3 is 0.807 bits per heavy atom. The minimum absolute atomic E-state index is 0.0147. The zero-order chi connectivity index (χ0) is 63.5. The van der Waals surface area contributed by atoms with Gasteiger partial charge in [0.1, 0.15) is 0 Å². The summed E-state index contributed by atoms with van der Waals surface area (Å²) in [4.78, 5) is 24.7. The van der Waals surface area contributed by atoms with Gasteiger partial charge in [0.15, 0.2) is 0 Å². The predicted octanol–water partition coefficient (Wildman–Crippen LogP) is 27.1. The third-order valence-corrected chi connectivity index (χ3v) is 19.6. The number of rotatable bonds is 78. The molecule has 0 aromatic heterocycles. The van der Waals surface area contributed by atoms with Gasteiger partial charge in [-0.1, -0.05) is 424 Å². The first kappa shape index (κ1) is 86.6. The fourth-order valence-corrected chi connectivity index (χ4v) is 13.3. The van der Waals surface area contributed by atoms with Crippen LogP contribution in [0.25, 0.3) is 0 Å². The van der Waals surface area contributed by atoms with Gasteiger partial charge >= 0.3 is 5.97 Å². The van der Waals surface area contributed by atoms with E-state index in [-0.39, 0.29) is 18.5 Å². The van der Waals surface area contributed by atoms with Crippen molar-refractivity contribution in [1.29, 1.82) is 0 Å². The number of carbonyl (C=O) groups is 2. The standard InChI is InChI=1S/C82H161NO5/c1-3-5-7-9-11-13-15-17-19-21-22-23-24-34-37-40-43-46-50-54-58-62-66-70-74-80(85)79(78-84)83-81(86)75-71-67-63-59-55-51-47-44-41-38-35-32-30-28-26-25-27-29-31-33-36-39-42-45-49-53-57-61-65-69-73-77-88-82(87)76-72-68-64-60-56-52-48-20-18-16-14-12-10-8-6-4-2/h20,48,79-80,84-85H,3-19,21-47,49-78H2,1-2H3,(H,83,86)/b48-20-. The summed E-state index contributed by atoms with van der Waals surface area (Å²) in [5.74, 6) is -0.00971. The highest BCUT2D eigenvalue weighted by Gasteiger charge is 2.20. The monoisotopic (exact) mass is 1240 g/mol. The number of amides is 1. The van der Waals surface area contributed by atoms with Gasteiger partial charge in [0, 0.05) is 12.8 Å². The van der Waals surface area contributed by atoms with E-state index in [1.54, 1.807) is 0 Å². The Bertz CT molecular complexity index is 1340. The molecule has 0 saturated heterocycles. The molecule has 6 nitrogen and oxygen atoms in total. The number of unbranched alkanes of at least 4 members (excludes halogenated alkanes) is 65. The second-order valence-electron chi connectivity index (χ2n) is 28.5. The quantitative estimate of drug-likeness (QED) is 0.0320. The summed E-state index contributed by atoms with van der Waals surface area (Å²) in [6.07, 6.45) is 98.9. The average Bonchev–Trinajstić information content (AvgIpc) is 3.57. The summed E-state index contributed by atoms with van der Waals surface area (Å²) in [7, 11) is 0. The smallest absolute Gasteiger partial charge is 0.305 e. The van der Waals surface area contributed by atoms with Crippen LogP contribution >= 0.6 is 0 Å². The van der Waals surface area contributed by atoms with Crippen LogP contribution in [0.2, 0.25) is 0 Å². The molecule has 6 heteroatoms. The summed E-state index contributed by atoms with van der Waals surface area (Å²) in [5.41, 5.74) is 0. The molecule has 0 spiro atoms. The van der Waals surface area contributed by atoms with E-state index in [2.05, 4.69) is 31.3 Å². The van der Waals surface area contributed by atoms with Crippen LogP contribution in [-0.2, 0) is 14.3 Å². The summed E-state index contributed by atoms with van der Waals surface area (Å²) >= 11 is 0. The molecule has 0 aromatic carbocycles. The highest BCUT2D eigenvalue weighted by Crippen LogP contribution is 2.21. The molecule has 0 aromatic rings. The Morgan fingerprint density at radius 2 is 0.534 bits per heavy atom. The summed E-state index contributed by atoms with van der Waals surface area (Å²) in [6.45, 7) is 5.01. The number of hydrogen-bond acceptors (Lipinski definition) is 5. The molecule has 1 amide bonds. The van der Waals surface area contributed by atoms with E-state index in [0.29, 0.717) is 25.9 Å². The highest BCUT2D eigenvalue weighted by molar-refractivity contribution is 5.76. The molecule has 88 heavy (non-hydrogen) atoms. The Hall–Kier alpha value is -1.40. The van der Waals surface area contributed by atoms with Gasteiger partial charge in [-0.2, -0.15) is 0 Å². The molecule has 0 aliphatic carbocycles. The normalized spacial score (nSPS) is 12.5. The predicted molar refractivity (Wildman–Crippen MR) is 389 cm³/mol. The molecular weight excluding hydrogens is 1080 g/mol. The number of allylic oxidation sites excluding steroid dienone is 2. The molecule has 2 unspecified atom stereocenters. The summed E-state index contributed by atoms with van der Waals surface area (Å²) < 4.78 is 5.50. The molecule has 0 heterocycles. The molecule has 0 aliphatic rings. The van der Waals surface area contributed by atoms with Crippen LogP contribution in [0.1, 0.15) is 476 Å².